The molecule has 1 aromatic heterocycles. The van der Waals surface area contributed by atoms with Crippen LogP contribution in [0.4, 0.5) is 0 Å². The molecule has 0 aliphatic carbocycles. The Morgan fingerprint density at radius 3 is 3.07 bits per heavy atom. The van der Waals surface area contributed by atoms with Crippen molar-refractivity contribution >= 4 is 0 Å². The van der Waals surface area contributed by atoms with Gasteiger partial charge in [-0.25, -0.2) is 4.98 Å². The van der Waals surface area contributed by atoms with E-state index >= 15 is 0 Å². The summed E-state index contributed by atoms with van der Waals surface area (Å²) < 4.78 is 5.69. The molecular weight excluding hydrogens is 188 g/mol. The van der Waals surface area contributed by atoms with Crippen molar-refractivity contribution in [2.45, 2.75) is 25.8 Å². The van der Waals surface area contributed by atoms with E-state index in [1.165, 1.54) is 19.4 Å². The molecule has 2 heterocycles. The van der Waals surface area contributed by atoms with Crippen LogP contribution in [-0.4, -0.2) is 36.1 Å². The van der Waals surface area contributed by atoms with Crippen molar-refractivity contribution in [3.05, 3.63) is 23.9 Å². The normalized spacial score (nSPS) is 21.9. The third-order valence-corrected chi connectivity index (χ3v) is 2.96. The number of hydrogen-bond donors (Lipinski definition) is 0. The van der Waals surface area contributed by atoms with Gasteiger partial charge in [0.05, 0.1) is 0 Å². The topological polar surface area (TPSA) is 25.4 Å². The Balaban J connectivity index is 1.87. The number of aromatic nitrogens is 1. The van der Waals surface area contributed by atoms with Crippen molar-refractivity contribution in [1.82, 2.24) is 9.88 Å². The summed E-state index contributed by atoms with van der Waals surface area (Å²) in [6.45, 7) is 3.93. The number of likely N-dealkylation sites (tertiary alicyclic amines) is 1. The molecular formula is C12H18N2O. The van der Waals surface area contributed by atoms with E-state index in [9.17, 15) is 0 Å². The van der Waals surface area contributed by atoms with Gasteiger partial charge in [-0.2, -0.15) is 0 Å². The minimum atomic E-state index is 0.562. The van der Waals surface area contributed by atoms with Gasteiger partial charge >= 0.3 is 0 Å². The van der Waals surface area contributed by atoms with Crippen molar-refractivity contribution in [2.75, 3.05) is 20.2 Å². The van der Waals surface area contributed by atoms with Crippen LogP contribution < -0.4 is 4.74 Å². The quantitative estimate of drug-likeness (QED) is 0.755. The number of ether oxygens (including phenoxy) is 1. The van der Waals surface area contributed by atoms with E-state index in [1.54, 1.807) is 0 Å². The lowest BCUT2D eigenvalue weighted by Gasteiger charge is -2.19. The van der Waals surface area contributed by atoms with Crippen LogP contribution in [0.25, 0.3) is 0 Å². The van der Waals surface area contributed by atoms with E-state index in [0.29, 0.717) is 6.04 Å². The number of nitrogens with zero attached hydrogens (tertiary/aromatic N) is 2. The molecule has 1 aliphatic rings. The minimum Gasteiger partial charge on any atom is -0.476 e. The van der Waals surface area contributed by atoms with E-state index in [1.807, 2.05) is 25.1 Å². The Kier molecular flexibility index (Phi) is 3.21. The van der Waals surface area contributed by atoms with Gasteiger partial charge < -0.3 is 9.64 Å². The predicted octanol–water partition coefficient (Wildman–Crippen LogP) is 1.86. The molecule has 1 aliphatic heterocycles. The molecule has 0 amide bonds. The van der Waals surface area contributed by atoms with Crippen LogP contribution >= 0.6 is 0 Å². The first kappa shape index (κ1) is 10.4. The van der Waals surface area contributed by atoms with E-state index < -0.39 is 0 Å². The molecule has 1 fully saturated rings. The summed E-state index contributed by atoms with van der Waals surface area (Å²) in [5, 5.41) is 0. The van der Waals surface area contributed by atoms with Gasteiger partial charge in [0.2, 0.25) is 5.88 Å². The maximum atomic E-state index is 5.69. The molecule has 1 atom stereocenters. The smallest absolute Gasteiger partial charge is 0.213 e. The van der Waals surface area contributed by atoms with Gasteiger partial charge in [-0.05, 0) is 39.4 Å². The van der Waals surface area contributed by atoms with E-state index in [0.717, 1.165) is 18.2 Å². The van der Waals surface area contributed by atoms with Crippen molar-refractivity contribution in [3.8, 4) is 5.88 Å². The molecule has 1 aromatic rings. The largest absolute Gasteiger partial charge is 0.476 e. The highest BCUT2D eigenvalue weighted by Crippen LogP contribution is 2.16. The second kappa shape index (κ2) is 4.62. The third kappa shape index (κ3) is 2.69. The summed E-state index contributed by atoms with van der Waals surface area (Å²) in [4.78, 5) is 6.68. The van der Waals surface area contributed by atoms with Gasteiger partial charge in [0.25, 0.3) is 0 Å². The standard InChI is InChI=1S/C12H18N2O/c1-10-5-3-7-12(13-10)15-9-11-6-4-8-14(11)2/h3,5,7,11H,4,6,8-9H2,1-2H3. The van der Waals surface area contributed by atoms with Crippen molar-refractivity contribution in [2.24, 2.45) is 0 Å². The highest BCUT2D eigenvalue weighted by atomic mass is 16.5. The lowest BCUT2D eigenvalue weighted by atomic mass is 10.2. The SMILES string of the molecule is Cc1cccc(OCC2CCCN2C)n1. The summed E-state index contributed by atoms with van der Waals surface area (Å²) in [7, 11) is 2.16. The van der Waals surface area contributed by atoms with Crippen LogP contribution in [0.2, 0.25) is 0 Å². The molecule has 15 heavy (non-hydrogen) atoms. The number of pyridine rings is 1. The van der Waals surface area contributed by atoms with Crippen molar-refractivity contribution < 1.29 is 4.74 Å². The number of likely N-dealkylation sites (N-methyl/N-ethyl adjacent to an activating group) is 1. The lowest BCUT2D eigenvalue weighted by Crippen LogP contribution is -2.30. The van der Waals surface area contributed by atoms with Crippen LogP contribution in [0.1, 0.15) is 18.5 Å². The maximum Gasteiger partial charge on any atom is 0.213 e. The fourth-order valence-electron chi connectivity index (χ4n) is 1.97. The zero-order valence-corrected chi connectivity index (χ0v) is 9.44. The lowest BCUT2D eigenvalue weighted by molar-refractivity contribution is 0.193. The van der Waals surface area contributed by atoms with Crippen LogP contribution in [0.5, 0.6) is 5.88 Å². The second-order valence-electron chi connectivity index (χ2n) is 4.20. The number of hydrogen-bond acceptors (Lipinski definition) is 3. The maximum absolute atomic E-state index is 5.69. The predicted molar refractivity (Wildman–Crippen MR) is 60.1 cm³/mol. The van der Waals surface area contributed by atoms with Crippen LogP contribution in [-0.2, 0) is 0 Å². The number of rotatable bonds is 3. The zero-order valence-electron chi connectivity index (χ0n) is 9.44. The molecule has 3 nitrogen and oxygen atoms in total. The summed E-state index contributed by atoms with van der Waals surface area (Å²) in [5.41, 5.74) is 1.01. The Bertz CT molecular complexity index is 327. The van der Waals surface area contributed by atoms with Crippen LogP contribution in [0.15, 0.2) is 18.2 Å². The fourth-order valence-corrected chi connectivity index (χ4v) is 1.97. The van der Waals surface area contributed by atoms with Gasteiger partial charge in [-0.3, -0.25) is 0 Å². The van der Waals surface area contributed by atoms with Gasteiger partial charge in [0, 0.05) is 17.8 Å². The summed E-state index contributed by atoms with van der Waals surface area (Å²) in [5.74, 6) is 0.746. The highest BCUT2D eigenvalue weighted by molar-refractivity contribution is 5.14. The van der Waals surface area contributed by atoms with Gasteiger partial charge in [0.15, 0.2) is 0 Å². The Hall–Kier alpha value is -1.09. The van der Waals surface area contributed by atoms with E-state index in [4.69, 9.17) is 4.74 Å². The molecule has 1 unspecified atom stereocenters. The Morgan fingerprint density at radius 2 is 2.40 bits per heavy atom. The molecule has 1 saturated heterocycles. The Labute approximate surface area is 91.1 Å². The van der Waals surface area contributed by atoms with Crippen molar-refractivity contribution in [1.29, 1.82) is 0 Å². The van der Waals surface area contributed by atoms with Gasteiger partial charge in [-0.15, -0.1) is 0 Å². The molecule has 0 N–H and O–H groups in total. The van der Waals surface area contributed by atoms with Gasteiger partial charge in [-0.1, -0.05) is 6.07 Å². The first-order valence-corrected chi connectivity index (χ1v) is 5.52. The second-order valence-corrected chi connectivity index (χ2v) is 4.20. The molecule has 0 radical (unpaired) electrons. The van der Waals surface area contributed by atoms with Gasteiger partial charge in [0.1, 0.15) is 6.61 Å². The molecule has 0 saturated carbocycles. The monoisotopic (exact) mass is 206 g/mol. The van der Waals surface area contributed by atoms with Crippen LogP contribution in [0, 0.1) is 6.92 Å². The zero-order chi connectivity index (χ0) is 10.7. The summed E-state index contributed by atoms with van der Waals surface area (Å²) in [6, 6.07) is 6.44. The van der Waals surface area contributed by atoms with Crippen LogP contribution in [0.3, 0.4) is 0 Å². The average molecular weight is 206 g/mol. The molecule has 82 valence electrons. The fraction of sp³-hybridized carbons (Fsp3) is 0.583. The first-order chi connectivity index (χ1) is 7.25. The molecule has 0 aromatic carbocycles. The molecule has 3 heteroatoms. The van der Waals surface area contributed by atoms with Crippen molar-refractivity contribution in [3.63, 3.8) is 0 Å². The number of aryl methyl sites for hydroxylation is 1. The summed E-state index contributed by atoms with van der Waals surface area (Å²) in [6.07, 6.45) is 2.52. The third-order valence-electron chi connectivity index (χ3n) is 2.96. The van der Waals surface area contributed by atoms with E-state index in [-0.39, 0.29) is 0 Å². The van der Waals surface area contributed by atoms with E-state index in [2.05, 4.69) is 16.9 Å². The first-order valence-electron chi connectivity index (χ1n) is 5.52. The molecule has 2 rings (SSSR count). The Morgan fingerprint density at radius 1 is 1.53 bits per heavy atom. The molecule has 0 bridgehead atoms. The minimum absolute atomic E-state index is 0.562. The average Bonchev–Trinajstić information content (AvgIpc) is 2.61. The highest BCUT2D eigenvalue weighted by Gasteiger charge is 2.21. The molecule has 0 spiro atoms. The summed E-state index contributed by atoms with van der Waals surface area (Å²) >= 11 is 0.